The molecule has 0 saturated heterocycles. The van der Waals surface area contributed by atoms with Crippen LogP contribution in [0.25, 0.3) is 5.69 Å². The number of hydrogen-bond donors (Lipinski definition) is 2. The molecule has 1 heterocycles. The number of hydrogen-bond acceptors (Lipinski definition) is 3. The first kappa shape index (κ1) is 17.5. The van der Waals surface area contributed by atoms with Crippen molar-refractivity contribution in [2.45, 2.75) is 26.7 Å². The van der Waals surface area contributed by atoms with Crippen LogP contribution < -0.4 is 5.32 Å². The number of aliphatic hydroxyl groups is 1. The number of benzene rings is 1. The summed E-state index contributed by atoms with van der Waals surface area (Å²) in [6.07, 6.45) is 4.89. The molecule has 2 aromatic rings. The first-order chi connectivity index (χ1) is 10.9. The molecule has 0 atom stereocenters. The molecule has 23 heavy (non-hydrogen) atoms. The number of rotatable bonds is 7. The molecule has 2 N–H and O–H groups in total. The summed E-state index contributed by atoms with van der Waals surface area (Å²) in [4.78, 5) is 12.1. The Morgan fingerprint density at radius 1 is 1.43 bits per heavy atom. The summed E-state index contributed by atoms with van der Waals surface area (Å²) in [5.41, 5.74) is 1.20. The van der Waals surface area contributed by atoms with Gasteiger partial charge in [-0.15, -0.1) is 0 Å². The van der Waals surface area contributed by atoms with Gasteiger partial charge in [-0.05, 0) is 36.5 Å². The predicted molar refractivity (Wildman–Crippen MR) is 91.0 cm³/mol. The fraction of sp³-hybridized carbons (Fsp3) is 0.412. The first-order valence-corrected chi connectivity index (χ1v) is 7.99. The van der Waals surface area contributed by atoms with Gasteiger partial charge in [0.25, 0.3) is 5.91 Å². The van der Waals surface area contributed by atoms with Crippen LogP contribution in [0.1, 0.15) is 37.0 Å². The Bertz CT molecular complexity index is 667. The molecule has 124 valence electrons. The minimum absolute atomic E-state index is 0.109. The molecule has 0 radical (unpaired) electrons. The SMILES string of the molecule is CC(C)(CO)CCCNC(=O)c1cnn(-c2cccc(Cl)c2)c1. The quantitative estimate of drug-likeness (QED) is 0.764. The van der Waals surface area contributed by atoms with E-state index in [1.165, 1.54) is 6.20 Å². The van der Waals surface area contributed by atoms with Gasteiger partial charge in [0.15, 0.2) is 0 Å². The van der Waals surface area contributed by atoms with Gasteiger partial charge in [0.2, 0.25) is 0 Å². The fourth-order valence-corrected chi connectivity index (χ4v) is 2.33. The number of carbonyl (C=O) groups excluding carboxylic acids is 1. The number of aromatic nitrogens is 2. The normalized spacial score (nSPS) is 11.5. The van der Waals surface area contributed by atoms with E-state index in [1.54, 1.807) is 23.0 Å². The molecule has 0 bridgehead atoms. The van der Waals surface area contributed by atoms with Gasteiger partial charge >= 0.3 is 0 Å². The number of amides is 1. The molecule has 1 aromatic carbocycles. The Morgan fingerprint density at radius 3 is 2.91 bits per heavy atom. The van der Waals surface area contributed by atoms with Gasteiger partial charge in [-0.2, -0.15) is 5.10 Å². The van der Waals surface area contributed by atoms with Gasteiger partial charge in [0, 0.05) is 24.4 Å². The van der Waals surface area contributed by atoms with Crippen molar-refractivity contribution in [3.05, 3.63) is 47.2 Å². The summed E-state index contributed by atoms with van der Waals surface area (Å²) in [5.74, 6) is -0.153. The van der Waals surface area contributed by atoms with Crippen LogP contribution in [0.5, 0.6) is 0 Å². The molecule has 0 unspecified atom stereocenters. The Labute approximate surface area is 141 Å². The van der Waals surface area contributed by atoms with Gasteiger partial charge in [0.05, 0.1) is 17.4 Å². The second-order valence-electron chi connectivity index (χ2n) is 6.34. The third-order valence-corrected chi connectivity index (χ3v) is 3.90. The Hall–Kier alpha value is -1.85. The first-order valence-electron chi connectivity index (χ1n) is 7.61. The van der Waals surface area contributed by atoms with Crippen molar-refractivity contribution in [3.8, 4) is 5.69 Å². The second kappa shape index (κ2) is 7.62. The zero-order valence-corrected chi connectivity index (χ0v) is 14.2. The summed E-state index contributed by atoms with van der Waals surface area (Å²) in [5, 5.41) is 16.9. The highest BCUT2D eigenvalue weighted by Crippen LogP contribution is 2.20. The highest BCUT2D eigenvalue weighted by molar-refractivity contribution is 6.30. The maximum absolute atomic E-state index is 12.1. The average Bonchev–Trinajstić information content (AvgIpc) is 3.01. The smallest absolute Gasteiger partial charge is 0.254 e. The Morgan fingerprint density at radius 2 is 2.22 bits per heavy atom. The highest BCUT2D eigenvalue weighted by atomic mass is 35.5. The van der Waals surface area contributed by atoms with E-state index in [0.717, 1.165) is 18.5 Å². The molecule has 2 rings (SSSR count). The number of aliphatic hydroxyl groups excluding tert-OH is 1. The molecule has 1 aromatic heterocycles. The number of nitrogens with one attached hydrogen (secondary N) is 1. The molecule has 0 spiro atoms. The molecule has 0 fully saturated rings. The molecule has 0 saturated carbocycles. The van der Waals surface area contributed by atoms with Gasteiger partial charge in [-0.3, -0.25) is 4.79 Å². The summed E-state index contributed by atoms with van der Waals surface area (Å²) in [6, 6.07) is 7.28. The number of carbonyl (C=O) groups is 1. The van der Waals surface area contributed by atoms with Crippen LogP contribution in [-0.2, 0) is 0 Å². The number of nitrogens with zero attached hydrogens (tertiary/aromatic N) is 2. The third-order valence-electron chi connectivity index (χ3n) is 3.66. The summed E-state index contributed by atoms with van der Waals surface area (Å²) < 4.78 is 1.62. The van der Waals surface area contributed by atoms with Crippen LogP contribution in [0, 0.1) is 5.41 Å². The van der Waals surface area contributed by atoms with Crippen LogP contribution in [0.3, 0.4) is 0 Å². The zero-order valence-electron chi connectivity index (χ0n) is 13.4. The van der Waals surface area contributed by atoms with Crippen molar-refractivity contribution >= 4 is 17.5 Å². The minimum atomic E-state index is -0.153. The van der Waals surface area contributed by atoms with Crippen molar-refractivity contribution < 1.29 is 9.90 Å². The lowest BCUT2D eigenvalue weighted by atomic mass is 9.89. The van der Waals surface area contributed by atoms with Gasteiger partial charge in [-0.25, -0.2) is 4.68 Å². The van der Waals surface area contributed by atoms with E-state index in [9.17, 15) is 9.90 Å². The monoisotopic (exact) mass is 335 g/mol. The minimum Gasteiger partial charge on any atom is -0.396 e. The standard InChI is InChI=1S/C17H22ClN3O2/c1-17(2,12-22)7-4-8-19-16(23)13-10-20-21(11-13)15-6-3-5-14(18)9-15/h3,5-6,9-11,22H,4,7-8,12H2,1-2H3,(H,19,23). The van der Waals surface area contributed by atoms with Crippen LogP contribution in [0.2, 0.25) is 5.02 Å². The average molecular weight is 336 g/mol. The highest BCUT2D eigenvalue weighted by Gasteiger charge is 2.16. The maximum atomic E-state index is 12.1. The molecule has 6 heteroatoms. The third kappa shape index (κ3) is 5.08. The van der Waals surface area contributed by atoms with Gasteiger partial charge < -0.3 is 10.4 Å². The van der Waals surface area contributed by atoms with Crippen LogP contribution >= 0.6 is 11.6 Å². The lowest BCUT2D eigenvalue weighted by molar-refractivity contribution is 0.0948. The van der Waals surface area contributed by atoms with E-state index in [2.05, 4.69) is 10.4 Å². The van der Waals surface area contributed by atoms with Crippen molar-refractivity contribution in [1.82, 2.24) is 15.1 Å². The predicted octanol–water partition coefficient (Wildman–Crippen LogP) is 3.05. The molecule has 5 nitrogen and oxygen atoms in total. The van der Waals surface area contributed by atoms with Crippen LogP contribution in [0.4, 0.5) is 0 Å². The number of halogens is 1. The van der Waals surface area contributed by atoms with Crippen molar-refractivity contribution in [2.24, 2.45) is 5.41 Å². The maximum Gasteiger partial charge on any atom is 0.254 e. The van der Waals surface area contributed by atoms with Crippen molar-refractivity contribution in [2.75, 3.05) is 13.2 Å². The lowest BCUT2D eigenvalue weighted by Gasteiger charge is -2.21. The van der Waals surface area contributed by atoms with E-state index in [1.807, 2.05) is 26.0 Å². The second-order valence-corrected chi connectivity index (χ2v) is 6.77. The van der Waals surface area contributed by atoms with E-state index < -0.39 is 0 Å². The molecule has 0 aliphatic heterocycles. The van der Waals surface area contributed by atoms with Crippen molar-refractivity contribution in [1.29, 1.82) is 0 Å². The molecule has 0 aliphatic rings. The summed E-state index contributed by atoms with van der Waals surface area (Å²) in [7, 11) is 0. The van der Waals surface area contributed by atoms with Gasteiger partial charge in [0.1, 0.15) is 0 Å². The zero-order chi connectivity index (χ0) is 16.9. The van der Waals surface area contributed by atoms with E-state index in [-0.39, 0.29) is 17.9 Å². The van der Waals surface area contributed by atoms with E-state index >= 15 is 0 Å². The topological polar surface area (TPSA) is 67.2 Å². The summed E-state index contributed by atoms with van der Waals surface area (Å²) in [6.45, 7) is 4.73. The lowest BCUT2D eigenvalue weighted by Crippen LogP contribution is -2.26. The Kier molecular flexibility index (Phi) is 5.80. The molecule has 0 aliphatic carbocycles. The van der Waals surface area contributed by atoms with Crippen LogP contribution in [-0.4, -0.2) is 33.9 Å². The van der Waals surface area contributed by atoms with Crippen LogP contribution in [0.15, 0.2) is 36.7 Å². The van der Waals surface area contributed by atoms with E-state index in [4.69, 9.17) is 11.6 Å². The van der Waals surface area contributed by atoms with Crippen molar-refractivity contribution in [3.63, 3.8) is 0 Å². The molecular weight excluding hydrogens is 314 g/mol. The molecular formula is C17H22ClN3O2. The van der Waals surface area contributed by atoms with Gasteiger partial charge in [-0.1, -0.05) is 31.5 Å². The molecule has 1 amide bonds. The Balaban J connectivity index is 1.89. The fourth-order valence-electron chi connectivity index (χ4n) is 2.15. The summed E-state index contributed by atoms with van der Waals surface area (Å²) >= 11 is 5.96. The van der Waals surface area contributed by atoms with E-state index in [0.29, 0.717) is 17.1 Å². The largest absolute Gasteiger partial charge is 0.396 e.